The number of rotatable bonds is 8. The molecule has 7 heteroatoms. The van der Waals surface area contributed by atoms with Gasteiger partial charge in [-0.15, -0.1) is 0 Å². The zero-order valence-electron chi connectivity index (χ0n) is 20.3. The van der Waals surface area contributed by atoms with Gasteiger partial charge in [-0.05, 0) is 60.2 Å². The number of alkyl halides is 2. The third kappa shape index (κ3) is 4.08. The van der Waals surface area contributed by atoms with Crippen molar-refractivity contribution >= 4 is 17.8 Å². The predicted molar refractivity (Wildman–Crippen MR) is 128 cm³/mol. The second-order valence-corrected chi connectivity index (χ2v) is 11.2. The van der Waals surface area contributed by atoms with Crippen molar-refractivity contribution in [1.29, 1.82) is 0 Å². The van der Waals surface area contributed by atoms with Crippen LogP contribution in [0.25, 0.3) is 0 Å². The van der Waals surface area contributed by atoms with Crippen LogP contribution in [0.15, 0.2) is 24.4 Å². The first-order valence-corrected chi connectivity index (χ1v) is 12.8. The standard InChI is InChI=1S/C13H20F3N3S.C12H18/c1-4-6-19(20-3)7-5-17-12-11(14)8-10(9-18-12)13(2,15)16;1-8-7-9-10(2,3)12(9)6-5-11(8,12)4/h8-9H,4-7H2,1-3H3,(H,17,18);9H,1,5-7H2,2-4H3. The molecule has 3 atom stereocenters. The lowest BCUT2D eigenvalue weighted by Gasteiger charge is -2.50. The summed E-state index contributed by atoms with van der Waals surface area (Å²) in [5.74, 6) is -2.84. The number of halogens is 3. The topological polar surface area (TPSA) is 28.2 Å². The molecule has 3 saturated carbocycles. The maximum atomic E-state index is 13.7. The molecule has 0 saturated heterocycles. The van der Waals surface area contributed by atoms with Crippen LogP contribution >= 0.6 is 11.9 Å². The predicted octanol–water partition coefficient (Wildman–Crippen LogP) is 7.12. The van der Waals surface area contributed by atoms with Crippen LogP contribution in [0.5, 0.6) is 0 Å². The first-order valence-electron chi connectivity index (χ1n) is 11.6. The van der Waals surface area contributed by atoms with Crippen LogP contribution in [0.3, 0.4) is 0 Å². The van der Waals surface area contributed by atoms with Gasteiger partial charge in [0.15, 0.2) is 11.6 Å². The highest BCUT2D eigenvalue weighted by Gasteiger charge is 2.84. The van der Waals surface area contributed by atoms with Crippen molar-refractivity contribution in [2.75, 3.05) is 31.2 Å². The Bertz CT molecular complexity index is 853. The molecule has 0 radical (unpaired) electrons. The van der Waals surface area contributed by atoms with Gasteiger partial charge < -0.3 is 5.32 Å². The molecule has 1 aromatic rings. The number of nitrogens with zero attached hydrogens (tertiary/aromatic N) is 2. The first kappa shape index (κ1) is 25.4. The van der Waals surface area contributed by atoms with E-state index in [1.807, 2.05) is 6.26 Å². The van der Waals surface area contributed by atoms with E-state index in [1.165, 1.54) is 19.3 Å². The largest absolute Gasteiger partial charge is 0.366 e. The van der Waals surface area contributed by atoms with Gasteiger partial charge in [0.05, 0.1) is 0 Å². The average molecular weight is 470 g/mol. The van der Waals surface area contributed by atoms with Crippen molar-refractivity contribution in [1.82, 2.24) is 9.29 Å². The summed E-state index contributed by atoms with van der Waals surface area (Å²) >= 11 is 1.62. The van der Waals surface area contributed by atoms with E-state index in [0.29, 0.717) is 22.8 Å². The Morgan fingerprint density at radius 1 is 1.28 bits per heavy atom. The molecular weight excluding hydrogens is 431 g/mol. The van der Waals surface area contributed by atoms with E-state index in [9.17, 15) is 13.2 Å². The van der Waals surface area contributed by atoms with Gasteiger partial charge in [0.25, 0.3) is 5.92 Å². The van der Waals surface area contributed by atoms with Gasteiger partial charge in [-0.2, -0.15) is 0 Å². The number of hydrogen-bond donors (Lipinski definition) is 1. The first-order chi connectivity index (χ1) is 14.8. The molecule has 180 valence electrons. The van der Waals surface area contributed by atoms with Crippen molar-refractivity contribution in [2.24, 2.45) is 22.2 Å². The number of nitrogens with one attached hydrogen (secondary N) is 1. The fourth-order valence-electron chi connectivity index (χ4n) is 6.37. The lowest BCUT2D eigenvalue weighted by molar-refractivity contribution is 0.0168. The molecule has 1 N–H and O–H groups in total. The Morgan fingerprint density at radius 2 is 1.97 bits per heavy atom. The van der Waals surface area contributed by atoms with Gasteiger partial charge >= 0.3 is 0 Å². The van der Waals surface area contributed by atoms with Crippen molar-refractivity contribution in [2.45, 2.75) is 66.2 Å². The molecule has 3 nitrogen and oxygen atoms in total. The van der Waals surface area contributed by atoms with Crippen molar-refractivity contribution in [3.8, 4) is 0 Å². The summed E-state index contributed by atoms with van der Waals surface area (Å²) in [5.41, 5.74) is 3.02. The Labute approximate surface area is 195 Å². The molecule has 0 aromatic carbocycles. The third-order valence-electron chi connectivity index (χ3n) is 8.50. The van der Waals surface area contributed by atoms with Crippen LogP contribution in [0.4, 0.5) is 19.0 Å². The number of hydrogen-bond acceptors (Lipinski definition) is 4. The average Bonchev–Trinajstić information content (AvgIpc) is 3.17. The van der Waals surface area contributed by atoms with Crippen LogP contribution in [0, 0.1) is 28.0 Å². The van der Waals surface area contributed by atoms with Crippen LogP contribution < -0.4 is 5.32 Å². The van der Waals surface area contributed by atoms with Crippen LogP contribution in [-0.2, 0) is 5.92 Å². The van der Waals surface area contributed by atoms with E-state index >= 15 is 0 Å². The Kier molecular flexibility index (Phi) is 7.04. The lowest BCUT2D eigenvalue weighted by atomic mass is 9.54. The molecule has 3 aliphatic rings. The van der Waals surface area contributed by atoms with E-state index in [1.54, 1.807) is 17.5 Å². The minimum atomic E-state index is -3.08. The molecular formula is C25H38F3N3S. The fourth-order valence-corrected chi connectivity index (χ4v) is 7.01. The van der Waals surface area contributed by atoms with E-state index in [0.717, 1.165) is 44.6 Å². The van der Waals surface area contributed by atoms with Gasteiger partial charge in [-0.25, -0.2) is 22.5 Å². The van der Waals surface area contributed by atoms with E-state index < -0.39 is 17.3 Å². The minimum absolute atomic E-state index is 0.00977. The third-order valence-corrected chi connectivity index (χ3v) is 9.38. The Morgan fingerprint density at radius 3 is 2.41 bits per heavy atom. The number of aromatic nitrogens is 1. The molecule has 1 heterocycles. The molecule has 3 aliphatic carbocycles. The lowest BCUT2D eigenvalue weighted by Crippen LogP contribution is -2.41. The maximum Gasteiger partial charge on any atom is 0.272 e. The Balaban J connectivity index is 0.000000201. The summed E-state index contributed by atoms with van der Waals surface area (Å²) in [4.78, 5) is 3.72. The van der Waals surface area contributed by atoms with Crippen LogP contribution in [0.1, 0.15) is 65.9 Å². The summed E-state index contributed by atoms with van der Waals surface area (Å²) in [6.45, 7) is 16.6. The quantitative estimate of drug-likeness (QED) is 0.324. The second kappa shape index (κ2) is 8.86. The molecule has 3 unspecified atom stereocenters. The highest BCUT2D eigenvalue weighted by molar-refractivity contribution is 7.96. The molecule has 32 heavy (non-hydrogen) atoms. The fraction of sp³-hybridized carbons (Fsp3) is 0.720. The molecule has 1 aromatic heterocycles. The number of allylic oxidation sites excluding steroid dienone is 1. The van der Waals surface area contributed by atoms with Crippen molar-refractivity contribution < 1.29 is 13.2 Å². The molecule has 1 spiro atoms. The molecule has 0 aliphatic heterocycles. The van der Waals surface area contributed by atoms with Gasteiger partial charge in [0, 0.05) is 38.3 Å². The van der Waals surface area contributed by atoms with Crippen LogP contribution in [-0.4, -0.2) is 35.2 Å². The number of anilines is 1. The van der Waals surface area contributed by atoms with Gasteiger partial charge in [-0.3, -0.25) is 0 Å². The molecule has 3 fully saturated rings. The minimum Gasteiger partial charge on any atom is -0.366 e. The van der Waals surface area contributed by atoms with E-state index in [-0.39, 0.29) is 5.82 Å². The summed E-state index contributed by atoms with van der Waals surface area (Å²) < 4.78 is 41.8. The van der Waals surface area contributed by atoms with Gasteiger partial charge in [-0.1, -0.05) is 51.8 Å². The number of pyridine rings is 1. The Hall–Kier alpha value is -1.21. The van der Waals surface area contributed by atoms with E-state index in [2.05, 4.69) is 48.9 Å². The normalized spacial score (nSPS) is 29.6. The monoisotopic (exact) mass is 469 g/mol. The van der Waals surface area contributed by atoms with Gasteiger partial charge in [0.1, 0.15) is 0 Å². The molecule has 0 bridgehead atoms. The van der Waals surface area contributed by atoms with Crippen LogP contribution in [0.2, 0.25) is 0 Å². The maximum absolute atomic E-state index is 13.7. The summed E-state index contributed by atoms with van der Waals surface area (Å²) in [6.07, 6.45) is 8.22. The second-order valence-electron chi connectivity index (χ2n) is 10.4. The highest BCUT2D eigenvalue weighted by Crippen LogP contribution is 2.91. The molecule has 0 amide bonds. The van der Waals surface area contributed by atoms with E-state index in [4.69, 9.17) is 0 Å². The smallest absolute Gasteiger partial charge is 0.272 e. The highest BCUT2D eigenvalue weighted by atomic mass is 32.2. The van der Waals surface area contributed by atoms with Crippen molar-refractivity contribution in [3.05, 3.63) is 35.8 Å². The summed E-state index contributed by atoms with van der Waals surface area (Å²) in [5, 5.41) is 2.83. The molecule has 4 rings (SSSR count). The zero-order valence-corrected chi connectivity index (χ0v) is 21.1. The zero-order chi connectivity index (χ0) is 23.9. The SMILES string of the molecule is C=C1CC2C(C)(C)C23CCC13C.CCCN(CCNc1ncc(C(C)(F)F)cc1F)SC. The van der Waals surface area contributed by atoms with Gasteiger partial charge in [0.2, 0.25) is 0 Å². The summed E-state index contributed by atoms with van der Waals surface area (Å²) in [6, 6.07) is 0.827. The summed E-state index contributed by atoms with van der Waals surface area (Å²) in [7, 11) is 0. The van der Waals surface area contributed by atoms with Crippen molar-refractivity contribution in [3.63, 3.8) is 0 Å².